The van der Waals surface area contributed by atoms with E-state index in [-0.39, 0.29) is 6.04 Å². The molecule has 0 spiro atoms. The molecule has 3 N–H and O–H groups in total. The smallest absolute Gasteiger partial charge is 0.0725 e. The van der Waals surface area contributed by atoms with Gasteiger partial charge in [-0.2, -0.15) is 0 Å². The third-order valence-electron chi connectivity index (χ3n) is 4.07. The van der Waals surface area contributed by atoms with Crippen LogP contribution in [0.3, 0.4) is 0 Å². The fraction of sp³-hybridized carbons (Fsp3) is 0.176. The van der Waals surface area contributed by atoms with Gasteiger partial charge in [-0.3, -0.25) is 5.84 Å². The zero-order chi connectivity index (χ0) is 14.2. The minimum Gasteiger partial charge on any atom is -0.372 e. The number of nitrogens with one attached hydrogen (secondary N) is 1. The second-order valence-corrected chi connectivity index (χ2v) is 6.22. The van der Waals surface area contributed by atoms with E-state index in [0.29, 0.717) is 6.61 Å². The van der Waals surface area contributed by atoms with Crippen LogP contribution in [-0.4, -0.2) is 0 Å². The summed E-state index contributed by atoms with van der Waals surface area (Å²) in [6.07, 6.45) is 0. The molecule has 21 heavy (non-hydrogen) atoms. The molecule has 0 amide bonds. The van der Waals surface area contributed by atoms with Crippen molar-refractivity contribution in [1.82, 2.24) is 5.43 Å². The maximum Gasteiger partial charge on any atom is 0.0725 e. The average molecular weight is 296 g/mol. The third kappa shape index (κ3) is 2.17. The van der Waals surface area contributed by atoms with E-state index in [9.17, 15) is 0 Å². The van der Waals surface area contributed by atoms with Gasteiger partial charge in [0.1, 0.15) is 0 Å². The Bertz CT molecular complexity index is 796. The number of nitrogens with two attached hydrogens (primary N) is 1. The lowest BCUT2D eigenvalue weighted by Gasteiger charge is -2.18. The maximum atomic E-state index is 5.87. The van der Waals surface area contributed by atoms with Crippen molar-refractivity contribution < 1.29 is 4.74 Å². The molecule has 2 heterocycles. The number of hydrogen-bond donors (Lipinski definition) is 2. The fourth-order valence-electron chi connectivity index (χ4n) is 2.98. The number of hydrazine groups is 1. The van der Waals surface area contributed by atoms with Gasteiger partial charge in [0.25, 0.3) is 0 Å². The molecule has 0 saturated carbocycles. The summed E-state index contributed by atoms with van der Waals surface area (Å²) in [5, 5.41) is 3.39. The molecule has 4 heteroatoms. The number of thiophene rings is 1. The zero-order valence-corrected chi connectivity index (χ0v) is 12.3. The third-order valence-corrected chi connectivity index (χ3v) is 5.05. The number of fused-ring (bicyclic) bond motifs is 2. The molecule has 0 radical (unpaired) electrons. The summed E-state index contributed by atoms with van der Waals surface area (Å²) >= 11 is 1.76. The lowest BCUT2D eigenvalue weighted by molar-refractivity contribution is 0.134. The highest BCUT2D eigenvalue weighted by atomic mass is 32.1. The Kier molecular flexibility index (Phi) is 3.24. The SMILES string of the molecule is NNC(c1ccc2c(c1)COC2)c1cccc2ccsc12. The van der Waals surface area contributed by atoms with Crippen LogP contribution in [0.4, 0.5) is 0 Å². The first kappa shape index (κ1) is 13.0. The molecule has 1 aliphatic heterocycles. The van der Waals surface area contributed by atoms with E-state index in [1.807, 2.05) is 0 Å². The Balaban J connectivity index is 1.83. The normalized spacial score (nSPS) is 15.3. The molecule has 2 aromatic carbocycles. The molecular formula is C17H16N2OS. The van der Waals surface area contributed by atoms with Crippen LogP contribution in [0.2, 0.25) is 0 Å². The molecule has 0 aliphatic carbocycles. The van der Waals surface area contributed by atoms with Crippen molar-refractivity contribution in [1.29, 1.82) is 0 Å². The summed E-state index contributed by atoms with van der Waals surface area (Å²) in [4.78, 5) is 0. The first-order chi connectivity index (χ1) is 10.4. The Morgan fingerprint density at radius 3 is 2.90 bits per heavy atom. The van der Waals surface area contributed by atoms with Gasteiger partial charge in [0.05, 0.1) is 19.3 Å². The van der Waals surface area contributed by atoms with Gasteiger partial charge in [-0.1, -0.05) is 36.4 Å². The molecule has 0 fully saturated rings. The molecule has 1 unspecified atom stereocenters. The summed E-state index contributed by atoms with van der Waals surface area (Å²) in [6, 6.07) is 15.0. The van der Waals surface area contributed by atoms with Crippen molar-refractivity contribution in [2.24, 2.45) is 5.84 Å². The highest BCUT2D eigenvalue weighted by molar-refractivity contribution is 7.17. The van der Waals surface area contributed by atoms with E-state index in [0.717, 1.165) is 6.61 Å². The van der Waals surface area contributed by atoms with Crippen molar-refractivity contribution >= 4 is 21.4 Å². The Hall–Kier alpha value is -1.72. The van der Waals surface area contributed by atoms with Gasteiger partial charge >= 0.3 is 0 Å². The van der Waals surface area contributed by atoms with E-state index >= 15 is 0 Å². The molecule has 1 aliphatic rings. The van der Waals surface area contributed by atoms with E-state index < -0.39 is 0 Å². The number of rotatable bonds is 3. The lowest BCUT2D eigenvalue weighted by Crippen LogP contribution is -2.29. The Morgan fingerprint density at radius 2 is 2.00 bits per heavy atom. The topological polar surface area (TPSA) is 47.3 Å². The summed E-state index contributed by atoms with van der Waals surface area (Å²) in [7, 11) is 0. The predicted octanol–water partition coefficient (Wildman–Crippen LogP) is 3.48. The van der Waals surface area contributed by atoms with Crippen molar-refractivity contribution in [2.75, 3.05) is 0 Å². The van der Waals surface area contributed by atoms with Crippen LogP contribution in [0.5, 0.6) is 0 Å². The molecule has 0 bridgehead atoms. The molecule has 1 atom stereocenters. The van der Waals surface area contributed by atoms with Gasteiger partial charge in [0, 0.05) is 4.70 Å². The molecule has 4 rings (SSSR count). The van der Waals surface area contributed by atoms with Gasteiger partial charge in [0.2, 0.25) is 0 Å². The van der Waals surface area contributed by atoms with Gasteiger partial charge in [-0.25, -0.2) is 5.43 Å². The largest absolute Gasteiger partial charge is 0.372 e. The number of benzene rings is 2. The molecule has 106 valence electrons. The van der Waals surface area contributed by atoms with Crippen LogP contribution in [0.15, 0.2) is 47.8 Å². The second kappa shape index (κ2) is 5.24. The quantitative estimate of drug-likeness (QED) is 0.574. The summed E-state index contributed by atoms with van der Waals surface area (Å²) in [6.45, 7) is 1.42. The van der Waals surface area contributed by atoms with Crippen LogP contribution < -0.4 is 11.3 Å². The first-order valence-corrected chi connectivity index (χ1v) is 7.86. The first-order valence-electron chi connectivity index (χ1n) is 6.98. The van der Waals surface area contributed by atoms with E-state index in [2.05, 4.69) is 53.3 Å². The van der Waals surface area contributed by atoms with Crippen LogP contribution in [0.25, 0.3) is 10.1 Å². The zero-order valence-electron chi connectivity index (χ0n) is 11.5. The van der Waals surface area contributed by atoms with Crippen molar-refractivity contribution in [2.45, 2.75) is 19.3 Å². The fourth-order valence-corrected chi connectivity index (χ4v) is 3.93. The van der Waals surface area contributed by atoms with Gasteiger partial charge < -0.3 is 4.74 Å². The molecule has 1 aromatic heterocycles. The van der Waals surface area contributed by atoms with Crippen LogP contribution in [0, 0.1) is 0 Å². The van der Waals surface area contributed by atoms with E-state index in [1.54, 1.807) is 11.3 Å². The molecule has 3 aromatic rings. The van der Waals surface area contributed by atoms with Crippen molar-refractivity contribution in [3.63, 3.8) is 0 Å². The summed E-state index contributed by atoms with van der Waals surface area (Å²) in [5.41, 5.74) is 7.93. The van der Waals surface area contributed by atoms with Gasteiger partial charge in [0.15, 0.2) is 0 Å². The average Bonchev–Trinajstić information content (AvgIpc) is 3.16. The lowest BCUT2D eigenvalue weighted by atomic mass is 9.95. The number of ether oxygens (including phenoxy) is 1. The van der Waals surface area contributed by atoms with Crippen LogP contribution >= 0.6 is 11.3 Å². The van der Waals surface area contributed by atoms with Crippen LogP contribution in [0.1, 0.15) is 28.3 Å². The minimum atomic E-state index is -0.00162. The predicted molar refractivity (Wildman–Crippen MR) is 85.9 cm³/mol. The Labute approximate surface area is 127 Å². The number of hydrogen-bond acceptors (Lipinski definition) is 4. The Morgan fingerprint density at radius 1 is 1.10 bits per heavy atom. The summed E-state index contributed by atoms with van der Waals surface area (Å²) in [5.74, 6) is 5.87. The highest BCUT2D eigenvalue weighted by Gasteiger charge is 2.19. The monoisotopic (exact) mass is 296 g/mol. The molecule has 0 saturated heterocycles. The highest BCUT2D eigenvalue weighted by Crippen LogP contribution is 2.33. The van der Waals surface area contributed by atoms with Gasteiger partial charge in [-0.05, 0) is 39.1 Å². The van der Waals surface area contributed by atoms with Gasteiger partial charge in [-0.15, -0.1) is 11.3 Å². The van der Waals surface area contributed by atoms with Crippen molar-refractivity contribution in [3.8, 4) is 0 Å². The van der Waals surface area contributed by atoms with Crippen LogP contribution in [-0.2, 0) is 18.0 Å². The molecule has 3 nitrogen and oxygen atoms in total. The maximum absolute atomic E-state index is 5.87. The summed E-state index contributed by atoms with van der Waals surface area (Å²) < 4.78 is 6.79. The van der Waals surface area contributed by atoms with E-state index in [4.69, 9.17) is 10.6 Å². The molecular weight excluding hydrogens is 280 g/mol. The standard InChI is InChI=1S/C17H16N2OS/c18-19-16(12-4-5-13-9-20-10-14(13)8-12)15-3-1-2-11-6-7-21-17(11)15/h1-8,16,19H,9-10,18H2. The van der Waals surface area contributed by atoms with Crippen molar-refractivity contribution in [3.05, 3.63) is 70.1 Å². The minimum absolute atomic E-state index is 0.00162. The second-order valence-electron chi connectivity index (χ2n) is 5.31. The van der Waals surface area contributed by atoms with E-state index in [1.165, 1.54) is 32.3 Å².